The van der Waals surface area contributed by atoms with Crippen molar-refractivity contribution >= 4 is 11.4 Å². The molecule has 1 aromatic carbocycles. The summed E-state index contributed by atoms with van der Waals surface area (Å²) in [6.07, 6.45) is 1.13. The van der Waals surface area contributed by atoms with Crippen molar-refractivity contribution in [1.29, 1.82) is 0 Å². The Balaban J connectivity index is 2.25. The van der Waals surface area contributed by atoms with Crippen molar-refractivity contribution in [2.75, 3.05) is 23.8 Å². The average molecular weight is 206 g/mol. The highest BCUT2D eigenvalue weighted by Gasteiger charge is 2.18. The average Bonchev–Trinajstić information content (AvgIpc) is 2.29. The predicted molar refractivity (Wildman–Crippen MR) is 63.8 cm³/mol. The lowest BCUT2D eigenvalue weighted by Crippen LogP contribution is -2.32. The third-order valence-corrected chi connectivity index (χ3v) is 2.70. The van der Waals surface area contributed by atoms with E-state index in [4.69, 9.17) is 4.74 Å². The van der Waals surface area contributed by atoms with Crippen LogP contribution in [-0.2, 0) is 0 Å². The number of nitrogens with one attached hydrogen (secondary N) is 2. The summed E-state index contributed by atoms with van der Waals surface area (Å²) in [4.78, 5) is 0. The Morgan fingerprint density at radius 1 is 1.40 bits per heavy atom. The van der Waals surface area contributed by atoms with Gasteiger partial charge in [-0.15, -0.1) is 0 Å². The Bertz CT molecular complexity index is 338. The molecule has 1 aromatic rings. The molecule has 0 saturated heterocycles. The monoisotopic (exact) mass is 206 g/mol. The topological polar surface area (TPSA) is 33.3 Å². The van der Waals surface area contributed by atoms with E-state index in [1.807, 2.05) is 19.1 Å². The second-order valence-corrected chi connectivity index (χ2v) is 3.74. The van der Waals surface area contributed by atoms with E-state index in [1.54, 1.807) is 0 Å². The third kappa shape index (κ3) is 2.01. The lowest BCUT2D eigenvalue weighted by Gasteiger charge is -2.28. The molecule has 0 radical (unpaired) electrons. The van der Waals surface area contributed by atoms with E-state index < -0.39 is 0 Å². The first-order valence-electron chi connectivity index (χ1n) is 5.61. The van der Waals surface area contributed by atoms with Crippen LogP contribution in [-0.4, -0.2) is 19.2 Å². The first-order valence-corrected chi connectivity index (χ1v) is 5.61. The Kier molecular flexibility index (Phi) is 2.99. The largest absolute Gasteiger partial charge is 0.492 e. The van der Waals surface area contributed by atoms with Gasteiger partial charge in [0.1, 0.15) is 11.4 Å². The van der Waals surface area contributed by atoms with E-state index in [0.717, 1.165) is 30.1 Å². The fourth-order valence-corrected chi connectivity index (χ4v) is 1.85. The van der Waals surface area contributed by atoms with Crippen molar-refractivity contribution in [1.82, 2.24) is 0 Å². The number of fused-ring (bicyclic) bond motifs is 1. The van der Waals surface area contributed by atoms with Crippen LogP contribution in [0.5, 0.6) is 5.75 Å². The lowest BCUT2D eigenvalue weighted by atomic mass is 10.1. The summed E-state index contributed by atoms with van der Waals surface area (Å²) < 4.78 is 5.57. The number of anilines is 2. The molecule has 0 aromatic heterocycles. The molecule has 3 heteroatoms. The van der Waals surface area contributed by atoms with Crippen LogP contribution in [0.15, 0.2) is 18.2 Å². The smallest absolute Gasteiger partial charge is 0.144 e. The molecule has 1 aliphatic rings. The first-order chi connectivity index (χ1) is 7.35. The predicted octanol–water partition coefficient (Wildman–Crippen LogP) is 2.70. The van der Waals surface area contributed by atoms with Gasteiger partial charge in [-0.3, -0.25) is 0 Å². The van der Waals surface area contributed by atoms with Gasteiger partial charge < -0.3 is 15.4 Å². The summed E-state index contributed by atoms with van der Waals surface area (Å²) in [6, 6.07) is 6.64. The van der Waals surface area contributed by atoms with Gasteiger partial charge in [0.05, 0.1) is 12.3 Å². The highest BCUT2D eigenvalue weighted by atomic mass is 16.5. The van der Waals surface area contributed by atoms with E-state index in [2.05, 4.69) is 23.6 Å². The Morgan fingerprint density at radius 2 is 2.27 bits per heavy atom. The van der Waals surface area contributed by atoms with Crippen molar-refractivity contribution in [2.24, 2.45) is 0 Å². The minimum absolute atomic E-state index is 0.523. The lowest BCUT2D eigenvalue weighted by molar-refractivity contribution is 0.341. The molecule has 0 bridgehead atoms. The fourth-order valence-electron chi connectivity index (χ4n) is 1.85. The van der Waals surface area contributed by atoms with Crippen molar-refractivity contribution in [3.05, 3.63) is 18.2 Å². The molecule has 0 fully saturated rings. The molecular weight excluding hydrogens is 188 g/mol. The summed E-state index contributed by atoms with van der Waals surface area (Å²) in [7, 11) is 0. The van der Waals surface area contributed by atoms with Crippen LogP contribution in [0.3, 0.4) is 0 Å². The third-order valence-electron chi connectivity index (χ3n) is 2.70. The molecule has 3 nitrogen and oxygen atoms in total. The van der Waals surface area contributed by atoms with Gasteiger partial charge in [0, 0.05) is 12.6 Å². The summed E-state index contributed by atoms with van der Waals surface area (Å²) >= 11 is 0. The molecule has 0 aliphatic carbocycles. The molecule has 0 spiro atoms. The van der Waals surface area contributed by atoms with Gasteiger partial charge in [-0.05, 0) is 25.5 Å². The molecule has 0 amide bonds. The van der Waals surface area contributed by atoms with Crippen LogP contribution >= 0.6 is 0 Å². The maximum absolute atomic E-state index is 5.57. The van der Waals surface area contributed by atoms with Crippen LogP contribution < -0.4 is 15.4 Å². The van der Waals surface area contributed by atoms with E-state index in [1.165, 1.54) is 0 Å². The van der Waals surface area contributed by atoms with Crippen LogP contribution in [0.2, 0.25) is 0 Å². The highest BCUT2D eigenvalue weighted by molar-refractivity contribution is 5.77. The number of ether oxygens (including phenoxy) is 1. The van der Waals surface area contributed by atoms with Crippen LogP contribution in [0.1, 0.15) is 20.3 Å². The Hall–Kier alpha value is -1.38. The van der Waals surface area contributed by atoms with Crippen molar-refractivity contribution in [3.8, 4) is 5.75 Å². The zero-order valence-corrected chi connectivity index (χ0v) is 9.34. The maximum Gasteiger partial charge on any atom is 0.144 e. The van der Waals surface area contributed by atoms with Crippen LogP contribution in [0, 0.1) is 0 Å². The number of rotatable bonds is 3. The molecule has 1 heterocycles. The summed E-state index contributed by atoms with van der Waals surface area (Å²) in [5.74, 6) is 0.942. The van der Waals surface area contributed by atoms with Gasteiger partial charge in [-0.2, -0.15) is 0 Å². The quantitative estimate of drug-likeness (QED) is 0.797. The van der Waals surface area contributed by atoms with Gasteiger partial charge in [0.25, 0.3) is 0 Å². The van der Waals surface area contributed by atoms with Gasteiger partial charge >= 0.3 is 0 Å². The normalized spacial score (nSPS) is 18.7. The molecule has 82 valence electrons. The number of benzene rings is 1. The standard InChI is InChI=1S/C12H18N2O/c1-3-9-8-13-12-10(14-9)6-5-7-11(12)15-4-2/h5-7,9,13-14H,3-4,8H2,1-2H3. The molecule has 1 unspecified atom stereocenters. The molecule has 15 heavy (non-hydrogen) atoms. The van der Waals surface area contributed by atoms with E-state index >= 15 is 0 Å². The van der Waals surface area contributed by atoms with Gasteiger partial charge in [0.15, 0.2) is 0 Å². The number of hydrogen-bond acceptors (Lipinski definition) is 3. The Morgan fingerprint density at radius 3 is 3.00 bits per heavy atom. The molecule has 0 saturated carbocycles. The number of hydrogen-bond donors (Lipinski definition) is 2. The zero-order valence-electron chi connectivity index (χ0n) is 9.34. The molecule has 2 N–H and O–H groups in total. The molecule has 1 atom stereocenters. The van der Waals surface area contributed by atoms with Crippen molar-refractivity contribution in [2.45, 2.75) is 26.3 Å². The highest BCUT2D eigenvalue weighted by Crippen LogP contribution is 2.35. The Labute approximate surface area is 90.8 Å². The van der Waals surface area contributed by atoms with Crippen LogP contribution in [0.4, 0.5) is 11.4 Å². The second-order valence-electron chi connectivity index (χ2n) is 3.74. The van der Waals surface area contributed by atoms with Crippen molar-refractivity contribution < 1.29 is 4.74 Å². The van der Waals surface area contributed by atoms with E-state index in [0.29, 0.717) is 12.6 Å². The summed E-state index contributed by atoms with van der Waals surface area (Å²) in [6.45, 7) is 5.87. The van der Waals surface area contributed by atoms with Crippen molar-refractivity contribution in [3.63, 3.8) is 0 Å². The van der Waals surface area contributed by atoms with Gasteiger partial charge in [-0.25, -0.2) is 0 Å². The molecule has 2 rings (SSSR count). The van der Waals surface area contributed by atoms with Gasteiger partial charge in [0.2, 0.25) is 0 Å². The second kappa shape index (κ2) is 4.43. The van der Waals surface area contributed by atoms with Gasteiger partial charge in [-0.1, -0.05) is 13.0 Å². The summed E-state index contributed by atoms with van der Waals surface area (Å²) in [5, 5.41) is 6.93. The zero-order chi connectivity index (χ0) is 10.7. The van der Waals surface area contributed by atoms with E-state index in [9.17, 15) is 0 Å². The summed E-state index contributed by atoms with van der Waals surface area (Å²) in [5.41, 5.74) is 2.25. The fraction of sp³-hybridized carbons (Fsp3) is 0.500. The minimum atomic E-state index is 0.523. The van der Waals surface area contributed by atoms with E-state index in [-0.39, 0.29) is 0 Å². The number of para-hydroxylation sites is 1. The SMILES string of the molecule is CCOc1cccc2c1NCC(CC)N2. The molecule has 1 aliphatic heterocycles. The van der Waals surface area contributed by atoms with Crippen LogP contribution in [0.25, 0.3) is 0 Å². The maximum atomic E-state index is 5.57. The molecular formula is C12H18N2O. The first kappa shape index (κ1) is 10.1. The minimum Gasteiger partial charge on any atom is -0.492 e.